The minimum Gasteiger partial charge on any atom is -0.273 e. The van der Waals surface area contributed by atoms with E-state index in [2.05, 4.69) is 5.32 Å². The summed E-state index contributed by atoms with van der Waals surface area (Å²) in [5.41, 5.74) is 0.304. The number of urea groups is 1. The average molecular weight is 299 g/mol. The van der Waals surface area contributed by atoms with Crippen LogP contribution in [0.3, 0.4) is 0 Å². The number of amides is 4. The molecule has 4 amide bonds. The number of barbiturate groups is 1. The largest absolute Gasteiger partial charge is 0.331 e. The van der Waals surface area contributed by atoms with Crippen molar-refractivity contribution in [3.63, 3.8) is 0 Å². The van der Waals surface area contributed by atoms with Gasteiger partial charge in [-0.3, -0.25) is 19.8 Å². The van der Waals surface area contributed by atoms with Gasteiger partial charge in [0.05, 0.1) is 0 Å². The van der Waals surface area contributed by atoms with Crippen LogP contribution < -0.4 is 5.32 Å². The molecule has 0 saturated carbocycles. The highest BCUT2D eigenvalue weighted by molar-refractivity contribution is 6.36. The van der Waals surface area contributed by atoms with E-state index in [-0.39, 0.29) is 5.57 Å². The molecule has 7 heteroatoms. The standard InChI is InChI=1S/C12H8Cl2N2O3/c1-16-11(18)8(10(17)15-12(16)19)4-6-2-3-7(13)5-9(6)14/h2-5H,1H3,(H,15,17,19)/b8-4-. The molecular formula is C12H8Cl2N2O3. The predicted octanol–water partition coefficient (Wildman–Crippen LogP) is 2.08. The zero-order chi connectivity index (χ0) is 14.2. The zero-order valence-electron chi connectivity index (χ0n) is 9.74. The normalized spacial score (nSPS) is 17.9. The Morgan fingerprint density at radius 3 is 2.53 bits per heavy atom. The first-order valence-electron chi connectivity index (χ1n) is 5.20. The molecule has 5 nitrogen and oxygen atoms in total. The fourth-order valence-corrected chi connectivity index (χ4v) is 1.98. The molecular weight excluding hydrogens is 291 g/mol. The van der Waals surface area contributed by atoms with Crippen LogP contribution in [0.15, 0.2) is 23.8 Å². The molecule has 1 heterocycles. The first kappa shape index (κ1) is 13.6. The Morgan fingerprint density at radius 2 is 1.89 bits per heavy atom. The number of nitrogens with zero attached hydrogens (tertiary/aromatic N) is 1. The van der Waals surface area contributed by atoms with Gasteiger partial charge in [0, 0.05) is 17.1 Å². The molecule has 0 bridgehead atoms. The van der Waals surface area contributed by atoms with E-state index in [0.717, 1.165) is 4.90 Å². The van der Waals surface area contributed by atoms with E-state index < -0.39 is 17.8 Å². The Balaban J connectivity index is 2.44. The van der Waals surface area contributed by atoms with Crippen LogP contribution in [-0.4, -0.2) is 29.8 Å². The Kier molecular flexibility index (Phi) is 3.59. The van der Waals surface area contributed by atoms with E-state index >= 15 is 0 Å². The predicted molar refractivity (Wildman–Crippen MR) is 70.7 cm³/mol. The molecule has 1 aliphatic heterocycles. The fraction of sp³-hybridized carbons (Fsp3) is 0.0833. The number of likely N-dealkylation sites (N-methyl/N-ethyl adjacent to an activating group) is 1. The van der Waals surface area contributed by atoms with Crippen molar-refractivity contribution in [1.29, 1.82) is 0 Å². The molecule has 1 saturated heterocycles. The molecule has 19 heavy (non-hydrogen) atoms. The van der Waals surface area contributed by atoms with E-state index in [1.165, 1.54) is 19.2 Å². The molecule has 1 fully saturated rings. The Labute approximate surface area is 118 Å². The summed E-state index contributed by atoms with van der Waals surface area (Å²) in [5, 5.41) is 2.80. The van der Waals surface area contributed by atoms with Crippen LogP contribution in [0, 0.1) is 0 Å². The van der Waals surface area contributed by atoms with Crippen LogP contribution in [0.2, 0.25) is 10.0 Å². The van der Waals surface area contributed by atoms with Gasteiger partial charge in [-0.1, -0.05) is 29.3 Å². The van der Waals surface area contributed by atoms with Gasteiger partial charge in [-0.05, 0) is 23.8 Å². The number of carbonyl (C=O) groups is 3. The van der Waals surface area contributed by atoms with Crippen molar-refractivity contribution in [2.75, 3.05) is 7.05 Å². The lowest BCUT2D eigenvalue weighted by atomic mass is 10.1. The van der Waals surface area contributed by atoms with Crippen LogP contribution in [-0.2, 0) is 9.59 Å². The van der Waals surface area contributed by atoms with Gasteiger partial charge in [0.2, 0.25) is 0 Å². The second-order valence-corrected chi connectivity index (χ2v) is 4.69. The van der Waals surface area contributed by atoms with Gasteiger partial charge in [0.15, 0.2) is 0 Å². The van der Waals surface area contributed by atoms with Crippen molar-refractivity contribution in [3.05, 3.63) is 39.4 Å². The van der Waals surface area contributed by atoms with Crippen molar-refractivity contribution in [2.45, 2.75) is 0 Å². The molecule has 1 aliphatic rings. The molecule has 2 rings (SSSR count). The highest BCUT2D eigenvalue weighted by Gasteiger charge is 2.33. The van der Waals surface area contributed by atoms with Crippen LogP contribution in [0.5, 0.6) is 0 Å². The summed E-state index contributed by atoms with van der Waals surface area (Å²) in [4.78, 5) is 35.5. The van der Waals surface area contributed by atoms with Gasteiger partial charge >= 0.3 is 6.03 Å². The van der Waals surface area contributed by atoms with Crippen LogP contribution >= 0.6 is 23.2 Å². The van der Waals surface area contributed by atoms with Gasteiger partial charge < -0.3 is 0 Å². The van der Waals surface area contributed by atoms with E-state index in [0.29, 0.717) is 15.6 Å². The fourth-order valence-electron chi connectivity index (χ4n) is 1.52. The minimum absolute atomic E-state index is 0.161. The summed E-state index contributed by atoms with van der Waals surface area (Å²) in [7, 11) is 1.28. The second kappa shape index (κ2) is 5.03. The van der Waals surface area contributed by atoms with Crippen molar-refractivity contribution in [3.8, 4) is 0 Å². The van der Waals surface area contributed by atoms with Gasteiger partial charge in [0.25, 0.3) is 11.8 Å². The van der Waals surface area contributed by atoms with Gasteiger partial charge in [-0.2, -0.15) is 0 Å². The van der Waals surface area contributed by atoms with Gasteiger partial charge in [-0.25, -0.2) is 4.79 Å². The lowest BCUT2D eigenvalue weighted by Crippen LogP contribution is -2.52. The molecule has 0 radical (unpaired) electrons. The lowest BCUT2D eigenvalue weighted by Gasteiger charge is -2.22. The lowest BCUT2D eigenvalue weighted by molar-refractivity contribution is -0.129. The van der Waals surface area contributed by atoms with Crippen LogP contribution in [0.25, 0.3) is 6.08 Å². The van der Waals surface area contributed by atoms with Crippen molar-refractivity contribution in [2.24, 2.45) is 0 Å². The molecule has 1 aromatic carbocycles. The van der Waals surface area contributed by atoms with Gasteiger partial charge in [0.1, 0.15) is 5.57 Å². The van der Waals surface area contributed by atoms with E-state index in [9.17, 15) is 14.4 Å². The number of halogens is 2. The van der Waals surface area contributed by atoms with Crippen LogP contribution in [0.4, 0.5) is 4.79 Å². The Bertz CT molecular complexity index is 625. The average Bonchev–Trinajstić information content (AvgIpc) is 2.34. The summed E-state index contributed by atoms with van der Waals surface area (Å²) in [6.07, 6.45) is 1.32. The third-order valence-electron chi connectivity index (χ3n) is 2.57. The first-order valence-corrected chi connectivity index (χ1v) is 5.96. The summed E-state index contributed by atoms with van der Waals surface area (Å²) >= 11 is 11.7. The molecule has 0 aromatic heterocycles. The summed E-state index contributed by atoms with van der Waals surface area (Å²) in [5.74, 6) is -1.43. The molecule has 0 aliphatic carbocycles. The number of imide groups is 2. The van der Waals surface area contributed by atoms with E-state index in [1.807, 2.05) is 0 Å². The zero-order valence-corrected chi connectivity index (χ0v) is 11.2. The molecule has 0 spiro atoms. The summed E-state index contributed by atoms with van der Waals surface area (Å²) in [6, 6.07) is 3.90. The monoisotopic (exact) mass is 298 g/mol. The SMILES string of the molecule is CN1C(=O)NC(=O)/C(=C/c2ccc(Cl)cc2Cl)C1=O. The van der Waals surface area contributed by atoms with Crippen molar-refractivity contribution in [1.82, 2.24) is 10.2 Å². The quantitative estimate of drug-likeness (QED) is 0.638. The van der Waals surface area contributed by atoms with Crippen molar-refractivity contribution < 1.29 is 14.4 Å². The number of hydrogen-bond acceptors (Lipinski definition) is 3. The molecule has 0 atom stereocenters. The van der Waals surface area contributed by atoms with Crippen molar-refractivity contribution >= 4 is 47.1 Å². The number of hydrogen-bond donors (Lipinski definition) is 1. The van der Waals surface area contributed by atoms with Gasteiger partial charge in [-0.15, -0.1) is 0 Å². The highest BCUT2D eigenvalue weighted by Crippen LogP contribution is 2.24. The maximum atomic E-state index is 11.8. The Hall–Kier alpha value is -1.85. The maximum Gasteiger partial charge on any atom is 0.331 e. The van der Waals surface area contributed by atoms with Crippen LogP contribution in [0.1, 0.15) is 5.56 Å². The maximum absolute atomic E-state index is 11.8. The van der Waals surface area contributed by atoms with E-state index in [1.54, 1.807) is 12.1 Å². The number of carbonyl (C=O) groups excluding carboxylic acids is 3. The second-order valence-electron chi connectivity index (χ2n) is 3.85. The Morgan fingerprint density at radius 1 is 1.21 bits per heavy atom. The third kappa shape index (κ3) is 2.62. The molecule has 1 aromatic rings. The molecule has 1 N–H and O–H groups in total. The first-order chi connectivity index (χ1) is 8.90. The minimum atomic E-state index is -0.755. The number of rotatable bonds is 1. The summed E-state index contributed by atoms with van der Waals surface area (Å²) in [6.45, 7) is 0. The highest BCUT2D eigenvalue weighted by atomic mass is 35.5. The molecule has 98 valence electrons. The molecule has 0 unspecified atom stereocenters. The third-order valence-corrected chi connectivity index (χ3v) is 3.13. The smallest absolute Gasteiger partial charge is 0.273 e. The number of nitrogens with one attached hydrogen (secondary N) is 1. The topological polar surface area (TPSA) is 66.5 Å². The van der Waals surface area contributed by atoms with E-state index in [4.69, 9.17) is 23.2 Å². The number of benzene rings is 1. The summed E-state index contributed by atoms with van der Waals surface area (Å²) < 4.78 is 0.